The number of hydrogen-bond acceptors (Lipinski definition) is 51. The van der Waals surface area contributed by atoms with Crippen molar-refractivity contribution in [3.8, 4) is 0 Å². The van der Waals surface area contributed by atoms with Gasteiger partial charge in [0.15, 0.2) is 62.9 Å². The molecule has 117 heavy (non-hydrogen) atoms. The normalized spacial score (nSPS) is 51.5. The highest BCUT2D eigenvalue weighted by molar-refractivity contribution is 5.73. The van der Waals surface area contributed by atoms with Gasteiger partial charge in [0.25, 0.3) is 0 Å². The van der Waals surface area contributed by atoms with Gasteiger partial charge in [-0.3, -0.25) is 9.59 Å². The number of carbonyl (C=O) groups excluding carboxylic acids is 2. The van der Waals surface area contributed by atoms with Crippen LogP contribution in [0.25, 0.3) is 0 Å². The van der Waals surface area contributed by atoms with Crippen LogP contribution in [0.15, 0.2) is 0 Å². The summed E-state index contributed by atoms with van der Waals surface area (Å²) in [6, 6.07) is -3.64. The van der Waals surface area contributed by atoms with Crippen molar-refractivity contribution in [1.29, 1.82) is 0 Å². The molecule has 32 N–H and O–H groups in total. The van der Waals surface area contributed by atoms with Crippen LogP contribution in [0, 0.1) is 0 Å². The third-order valence-electron chi connectivity index (χ3n) is 21.6. The molecule has 10 aliphatic rings. The van der Waals surface area contributed by atoms with Gasteiger partial charge in [-0.2, -0.15) is 0 Å². The fourth-order valence-electron chi connectivity index (χ4n) is 14.9. The van der Waals surface area contributed by atoms with Crippen LogP contribution >= 0.6 is 0 Å². The largest absolute Gasteiger partial charge is 0.394 e. The molecule has 0 aromatic carbocycles. The molecular weight excluding hydrogens is 1610 g/mol. The molecule has 50 atom stereocenters. The maximum atomic E-state index is 13.0. The van der Waals surface area contributed by atoms with Crippen molar-refractivity contribution in [2.24, 2.45) is 0 Å². The van der Waals surface area contributed by atoms with Crippen molar-refractivity contribution < 1.29 is 253 Å². The number of aliphatic hydroxyl groups excluding tert-OH is 30. The average molecular weight is 1720 g/mol. The molecule has 0 spiro atoms. The van der Waals surface area contributed by atoms with E-state index < -0.39 is 385 Å². The molecule has 0 aliphatic carbocycles. The molecule has 1 unspecified atom stereocenters. The van der Waals surface area contributed by atoms with Crippen LogP contribution in [-0.2, 0) is 99.6 Å². The first-order valence-electron chi connectivity index (χ1n) is 37.2. The van der Waals surface area contributed by atoms with Crippen LogP contribution in [0.1, 0.15) is 13.8 Å². The number of rotatable bonds is 30. The molecule has 10 aliphatic heterocycles. The van der Waals surface area contributed by atoms with E-state index in [2.05, 4.69) is 10.6 Å². The van der Waals surface area contributed by atoms with Gasteiger partial charge in [0.2, 0.25) is 11.8 Å². The van der Waals surface area contributed by atoms with Crippen LogP contribution in [0.4, 0.5) is 0 Å². The number of nitrogens with one attached hydrogen (secondary N) is 2. The number of ether oxygens (including phenoxy) is 19. The van der Waals surface area contributed by atoms with E-state index in [0.717, 1.165) is 13.8 Å². The third-order valence-corrected chi connectivity index (χ3v) is 21.6. The molecule has 2 amide bonds. The summed E-state index contributed by atoms with van der Waals surface area (Å²) in [5.74, 6) is -1.78. The minimum atomic E-state index is -2.64. The average Bonchev–Trinajstić information content (AvgIpc) is 0.765. The Bertz CT molecular complexity index is 3050. The molecule has 0 aromatic rings. The molecular formula is C64H108N2O51. The topological polar surface area (TPSA) is 840 Å². The molecule has 10 heterocycles. The smallest absolute Gasteiger partial charge is 0.217 e. The molecule has 10 rings (SSSR count). The Morgan fingerprint density at radius 2 is 0.470 bits per heavy atom. The van der Waals surface area contributed by atoms with Gasteiger partial charge >= 0.3 is 0 Å². The van der Waals surface area contributed by atoms with Crippen LogP contribution in [0.3, 0.4) is 0 Å². The molecule has 53 nitrogen and oxygen atoms in total. The number of amides is 2. The van der Waals surface area contributed by atoms with Gasteiger partial charge < -0.3 is 254 Å². The summed E-state index contributed by atoms with van der Waals surface area (Å²) in [7, 11) is 0. The second-order valence-corrected chi connectivity index (χ2v) is 29.6. The van der Waals surface area contributed by atoms with E-state index in [4.69, 9.17) is 90.0 Å². The summed E-state index contributed by atoms with van der Waals surface area (Å²) in [6.07, 6.45) is -103. The van der Waals surface area contributed by atoms with E-state index in [1.54, 1.807) is 0 Å². The summed E-state index contributed by atoms with van der Waals surface area (Å²) in [6.45, 7) is -8.94. The van der Waals surface area contributed by atoms with E-state index in [-0.39, 0.29) is 0 Å². The van der Waals surface area contributed by atoms with Crippen LogP contribution in [-0.4, -0.2) is 538 Å². The monoisotopic (exact) mass is 1720 g/mol. The zero-order chi connectivity index (χ0) is 85.9. The number of hydrogen-bond donors (Lipinski definition) is 32. The zero-order valence-electron chi connectivity index (χ0n) is 61.9. The summed E-state index contributed by atoms with van der Waals surface area (Å²) in [5, 5.41) is 335. The molecule has 0 aromatic heterocycles. The Morgan fingerprint density at radius 1 is 0.222 bits per heavy atom. The molecule has 680 valence electrons. The van der Waals surface area contributed by atoms with Gasteiger partial charge in [-0.25, -0.2) is 0 Å². The van der Waals surface area contributed by atoms with Crippen molar-refractivity contribution in [1.82, 2.24) is 10.6 Å². The van der Waals surface area contributed by atoms with E-state index in [1.807, 2.05) is 0 Å². The quantitative estimate of drug-likeness (QED) is 0.0318. The second-order valence-electron chi connectivity index (χ2n) is 29.6. The van der Waals surface area contributed by atoms with E-state index >= 15 is 0 Å². The van der Waals surface area contributed by atoms with Gasteiger partial charge in [-0.15, -0.1) is 0 Å². The van der Waals surface area contributed by atoms with Gasteiger partial charge in [-0.1, -0.05) is 0 Å². The first-order chi connectivity index (χ1) is 55.4. The van der Waals surface area contributed by atoms with Crippen molar-refractivity contribution >= 4 is 11.8 Å². The maximum absolute atomic E-state index is 13.0. The summed E-state index contributed by atoms with van der Waals surface area (Å²) in [5.41, 5.74) is 0. The first-order valence-corrected chi connectivity index (χ1v) is 37.2. The van der Waals surface area contributed by atoms with Crippen molar-refractivity contribution in [3.63, 3.8) is 0 Å². The van der Waals surface area contributed by atoms with Crippen molar-refractivity contribution in [3.05, 3.63) is 0 Å². The molecule has 0 bridgehead atoms. The Balaban J connectivity index is 0.982. The van der Waals surface area contributed by atoms with Crippen LogP contribution in [0.5, 0.6) is 0 Å². The predicted molar refractivity (Wildman–Crippen MR) is 353 cm³/mol. The molecule has 53 heteroatoms. The highest BCUT2D eigenvalue weighted by Gasteiger charge is 2.61. The lowest BCUT2D eigenvalue weighted by Crippen LogP contribution is -2.70. The number of carbonyl (C=O) groups is 2. The fraction of sp³-hybridized carbons (Fsp3) is 0.969. The Hall–Kier alpha value is -3.02. The maximum Gasteiger partial charge on any atom is 0.217 e. The van der Waals surface area contributed by atoms with Crippen LogP contribution in [0.2, 0.25) is 0 Å². The standard InChI is InChI=1S/C64H108N2O51/c1-13(74)65-25-35(84)49(20(8-72)102-55(25)98)112-56-26(66-14(2)75)36(85)50(21(9-73)108-56)113-61-48(97)51(114-63-54(42(91)31(80)18(6-70)106-63)117-64-53(41(90)30(79)19(7-71)107-64)116-60-47(96)39(88)29(78)17(5-69)105-60)34(83)24(110-61)12-101-62-52(115-59-46(95)38(87)28(77)16(4-68)104-59)43(92)33(82)23(111-62)11-100-58-45(94)40(89)32(81)22(109-58)10-99-57-44(93)37(86)27(76)15(3-67)103-57/h15-64,67-73,76-98H,3-12H2,1-2H3,(H,65,74)(H,66,75)/t15-,16-,17-,18-,19-,20-,21-,22-,23-,24-,25-,26-,27-,28-,29-,30-,31-,32-,33-,34-,35-,36-,37+,38+,39+,40+,41+,42+,43+,44+,45+,46+,47+,48+,49-,50-,51+,52+,53+,54+,55?,56+,57+,58+,59-,60-,61+,62+,63-,64-/m1/s1. The predicted octanol–water partition coefficient (Wildman–Crippen LogP) is -22.5. The minimum absolute atomic E-state index is 0.805. The first kappa shape index (κ1) is 96.2. The summed E-state index contributed by atoms with van der Waals surface area (Å²) in [4.78, 5) is 25.2. The van der Waals surface area contributed by atoms with Gasteiger partial charge in [0, 0.05) is 13.8 Å². The third kappa shape index (κ3) is 20.9. The van der Waals surface area contributed by atoms with Gasteiger partial charge in [-0.05, 0) is 0 Å². The van der Waals surface area contributed by atoms with E-state index in [0.29, 0.717) is 0 Å². The van der Waals surface area contributed by atoms with Crippen molar-refractivity contribution in [2.75, 3.05) is 66.1 Å². The lowest BCUT2D eigenvalue weighted by atomic mass is 9.94. The zero-order valence-corrected chi connectivity index (χ0v) is 61.9. The molecule has 10 fully saturated rings. The Morgan fingerprint density at radius 3 is 0.880 bits per heavy atom. The minimum Gasteiger partial charge on any atom is -0.394 e. The lowest BCUT2D eigenvalue weighted by Gasteiger charge is -2.51. The SMILES string of the molecule is CC(=O)N[C@H]1[C@H](O[C@H]2[C@H](O)[C@@H](NC(C)=O)C(O)O[C@@H]2CO)O[C@H](CO)[C@@H](O[C@@H]2O[C@H](CO[C@H]3O[C@H](CO[C@H]4O[C@H](CO[C@H]5O[C@H](CO)[C@@H](O)[C@H](O)[C@@H]5O)[C@@H](O)[C@H](O)[C@@H]4O)[C@@H](O)[C@H](O)[C@@H]3O[C@H]3O[C@H](CO)[C@@H](O)[C@H](O)[C@@H]3O)[C@@H](O)[C@H](O[C@H]3O[C@H](CO)[C@@H](O)[C@H](O)[C@@H]3O[C@H]3O[C@H](CO)[C@@H](O)[C@H](O)[C@@H]3O[C@H]3O[C@H](CO)[C@@H](O)[C@H](O)[C@@H]3O)[C@@H]2O)[C@@H]1O. The van der Waals surface area contributed by atoms with E-state index in [1.165, 1.54) is 0 Å². The van der Waals surface area contributed by atoms with Gasteiger partial charge in [0.1, 0.15) is 244 Å². The summed E-state index contributed by atoms with van der Waals surface area (Å²) < 4.78 is 111. The molecule has 10 saturated heterocycles. The Kier molecular flexibility index (Phi) is 34.4. The lowest BCUT2D eigenvalue weighted by molar-refractivity contribution is -0.408. The summed E-state index contributed by atoms with van der Waals surface area (Å²) >= 11 is 0. The van der Waals surface area contributed by atoms with E-state index in [9.17, 15) is 163 Å². The molecule has 0 radical (unpaired) electrons. The second kappa shape index (κ2) is 41.9. The van der Waals surface area contributed by atoms with Crippen LogP contribution < -0.4 is 10.6 Å². The van der Waals surface area contributed by atoms with Crippen molar-refractivity contribution in [2.45, 2.75) is 321 Å². The highest BCUT2D eigenvalue weighted by Crippen LogP contribution is 2.40. The van der Waals surface area contributed by atoms with Gasteiger partial charge in [0.05, 0.1) is 66.1 Å². The number of aliphatic hydroxyl groups is 30. The Labute approximate surface area is 660 Å². The highest BCUT2D eigenvalue weighted by atomic mass is 16.8. The fourth-order valence-corrected chi connectivity index (χ4v) is 14.9. The molecule has 0 saturated carbocycles.